The molecule has 0 saturated heterocycles. The number of halogens is 4. The van der Waals surface area contributed by atoms with Crippen molar-refractivity contribution in [2.75, 3.05) is 0 Å². The van der Waals surface area contributed by atoms with Crippen molar-refractivity contribution in [3.8, 4) is 0 Å². The molecule has 0 spiro atoms. The third kappa shape index (κ3) is 40.2. The van der Waals surface area contributed by atoms with Gasteiger partial charge in [-0.05, 0) is 0 Å². The minimum atomic E-state index is 0. The van der Waals surface area contributed by atoms with E-state index in [9.17, 15) is 0 Å². The third-order valence-electron chi connectivity index (χ3n) is 0. The van der Waals surface area contributed by atoms with Gasteiger partial charge in [-0.25, -0.2) is 0 Å². The second-order valence-electron chi connectivity index (χ2n) is 0. The summed E-state index contributed by atoms with van der Waals surface area (Å²) in [6, 6.07) is 0. The minimum absolute atomic E-state index is 0. The standard InChI is InChI=1S/CH4.4ClH.Pt/h1H4;4*1H;/q;;;;;+4/p-4. The van der Waals surface area contributed by atoms with Gasteiger partial charge in [0, 0.05) is 0 Å². The van der Waals surface area contributed by atoms with E-state index in [0.717, 1.165) is 0 Å². The maximum Gasteiger partial charge on any atom is 4.00 e. The Morgan fingerprint density at radius 3 is 0.500 bits per heavy atom. The fraction of sp³-hybridized carbons (Fsp3) is 1.00. The first kappa shape index (κ1) is 108. The molecule has 0 bridgehead atoms. The van der Waals surface area contributed by atoms with Gasteiger partial charge in [-0.3, -0.25) is 0 Å². The zero-order valence-electron chi connectivity index (χ0n) is 1.83. The van der Waals surface area contributed by atoms with E-state index in [4.69, 9.17) is 0 Å². The van der Waals surface area contributed by atoms with Crippen LogP contribution in [0.25, 0.3) is 0 Å². The van der Waals surface area contributed by atoms with Crippen molar-refractivity contribution in [2.24, 2.45) is 0 Å². The Morgan fingerprint density at radius 1 is 0.500 bits per heavy atom. The second kappa shape index (κ2) is 68.6. The molecular formula is CH4Cl4Pt. The van der Waals surface area contributed by atoms with Gasteiger partial charge in [0.1, 0.15) is 0 Å². The van der Waals surface area contributed by atoms with Crippen LogP contribution >= 0.6 is 0 Å². The van der Waals surface area contributed by atoms with E-state index in [1.807, 2.05) is 0 Å². The SMILES string of the molecule is C.[Cl-].[Cl-].[Cl-].[Cl-].[Pt+4]. The summed E-state index contributed by atoms with van der Waals surface area (Å²) >= 11 is 0. The van der Waals surface area contributed by atoms with Crippen LogP contribution in [-0.4, -0.2) is 0 Å². The van der Waals surface area contributed by atoms with Crippen LogP contribution < -0.4 is 49.6 Å². The van der Waals surface area contributed by atoms with Crippen molar-refractivity contribution < 1.29 is 70.7 Å². The molecule has 0 rings (SSSR count). The maximum absolute atomic E-state index is 0. The summed E-state index contributed by atoms with van der Waals surface area (Å²) in [5.74, 6) is 0. The molecule has 0 heterocycles. The molecule has 0 aliphatic rings. The molecule has 6 heavy (non-hydrogen) atoms. The molecule has 0 radical (unpaired) electrons. The zero-order valence-corrected chi connectivity index (χ0v) is 7.12. The minimum Gasteiger partial charge on any atom is -1.00 e. The summed E-state index contributed by atoms with van der Waals surface area (Å²) in [6.45, 7) is 0. The number of hydrogen-bond donors (Lipinski definition) is 0. The summed E-state index contributed by atoms with van der Waals surface area (Å²) in [5.41, 5.74) is 0. The Bertz CT molecular complexity index is 7.51. The Kier molecular flexibility index (Phi) is 1230. The van der Waals surface area contributed by atoms with E-state index in [1.165, 1.54) is 0 Å². The topological polar surface area (TPSA) is 0 Å². The molecule has 0 nitrogen and oxygen atoms in total. The molecule has 0 fully saturated rings. The van der Waals surface area contributed by atoms with Gasteiger partial charge in [0.2, 0.25) is 0 Å². The predicted molar refractivity (Wildman–Crippen MR) is 6.73 cm³/mol. The molecule has 0 amide bonds. The van der Waals surface area contributed by atoms with Crippen molar-refractivity contribution in [2.45, 2.75) is 7.43 Å². The first-order valence-electron chi connectivity index (χ1n) is 0. The van der Waals surface area contributed by atoms with Crippen LogP contribution in [0.2, 0.25) is 0 Å². The van der Waals surface area contributed by atoms with Crippen LogP contribution in [0.3, 0.4) is 0 Å². The Labute approximate surface area is 77.7 Å². The molecule has 0 aliphatic carbocycles. The van der Waals surface area contributed by atoms with Crippen LogP contribution in [0, 0.1) is 0 Å². The molecule has 0 aliphatic heterocycles. The van der Waals surface area contributed by atoms with Crippen molar-refractivity contribution >= 4 is 0 Å². The fourth-order valence-electron chi connectivity index (χ4n) is 0. The van der Waals surface area contributed by atoms with Gasteiger partial charge in [0.25, 0.3) is 0 Å². The quantitative estimate of drug-likeness (QED) is 0.406. The fourth-order valence-corrected chi connectivity index (χ4v) is 0. The first-order chi connectivity index (χ1) is 0. The zero-order chi connectivity index (χ0) is 0. The van der Waals surface area contributed by atoms with Gasteiger partial charge in [0.05, 0.1) is 0 Å². The molecule has 46 valence electrons. The second-order valence-corrected chi connectivity index (χ2v) is 0. The summed E-state index contributed by atoms with van der Waals surface area (Å²) < 4.78 is 0. The summed E-state index contributed by atoms with van der Waals surface area (Å²) in [6.07, 6.45) is 0. The molecule has 0 aromatic rings. The van der Waals surface area contributed by atoms with E-state index >= 15 is 0 Å². The average Bonchev–Trinajstić information content (AvgIpc) is 0. The molecule has 0 N–H and O–H groups in total. The summed E-state index contributed by atoms with van der Waals surface area (Å²) in [7, 11) is 0. The van der Waals surface area contributed by atoms with Crippen LogP contribution in [0.1, 0.15) is 7.43 Å². The van der Waals surface area contributed by atoms with Gasteiger partial charge in [-0.2, -0.15) is 0 Å². The monoisotopic (exact) mass is 351 g/mol. The largest absolute Gasteiger partial charge is 4.00 e. The molecule has 0 saturated carbocycles. The molecule has 0 aromatic heterocycles. The van der Waals surface area contributed by atoms with Gasteiger partial charge < -0.3 is 49.6 Å². The Balaban J connectivity index is 0. The van der Waals surface area contributed by atoms with Crippen LogP contribution in [0.5, 0.6) is 0 Å². The van der Waals surface area contributed by atoms with E-state index < -0.39 is 0 Å². The maximum atomic E-state index is 0. The normalized spacial score (nSPS) is 0. The van der Waals surface area contributed by atoms with Gasteiger partial charge in [-0.15, -0.1) is 0 Å². The predicted octanol–water partition coefficient (Wildman–Crippen LogP) is -11.4. The van der Waals surface area contributed by atoms with Gasteiger partial charge in [0.15, 0.2) is 0 Å². The molecular weight excluding hydrogens is 349 g/mol. The molecule has 5 heteroatoms. The summed E-state index contributed by atoms with van der Waals surface area (Å²) in [5, 5.41) is 0. The molecule has 0 aromatic carbocycles. The van der Waals surface area contributed by atoms with Crippen LogP contribution in [0.15, 0.2) is 0 Å². The van der Waals surface area contributed by atoms with Crippen molar-refractivity contribution in [1.82, 2.24) is 0 Å². The van der Waals surface area contributed by atoms with Crippen LogP contribution in [0.4, 0.5) is 0 Å². The Hall–Kier alpha value is 1.85. The molecule has 0 unspecified atom stereocenters. The van der Waals surface area contributed by atoms with E-state index in [2.05, 4.69) is 0 Å². The van der Waals surface area contributed by atoms with E-state index in [0.29, 0.717) is 0 Å². The first-order valence-corrected chi connectivity index (χ1v) is 0. The smallest absolute Gasteiger partial charge is 1.00 e. The van der Waals surface area contributed by atoms with Crippen molar-refractivity contribution in [1.29, 1.82) is 0 Å². The Morgan fingerprint density at radius 2 is 0.500 bits per heavy atom. The number of rotatable bonds is 0. The van der Waals surface area contributed by atoms with Gasteiger partial charge >= 0.3 is 21.1 Å². The summed E-state index contributed by atoms with van der Waals surface area (Å²) in [4.78, 5) is 0. The van der Waals surface area contributed by atoms with Crippen molar-refractivity contribution in [3.05, 3.63) is 0 Å². The van der Waals surface area contributed by atoms with Crippen molar-refractivity contribution in [3.63, 3.8) is 0 Å². The third-order valence-corrected chi connectivity index (χ3v) is 0. The van der Waals surface area contributed by atoms with Gasteiger partial charge in [-0.1, -0.05) is 7.43 Å². The molecule has 0 atom stereocenters. The van der Waals surface area contributed by atoms with Crippen LogP contribution in [-0.2, 0) is 21.1 Å². The average molecular weight is 353 g/mol. The number of hydrogen-bond acceptors (Lipinski definition) is 0. The van der Waals surface area contributed by atoms with E-state index in [1.54, 1.807) is 0 Å². The van der Waals surface area contributed by atoms with E-state index in [-0.39, 0.29) is 78.1 Å².